The van der Waals surface area contributed by atoms with Gasteiger partial charge in [-0.2, -0.15) is 0 Å². The number of unbranched alkanes of at least 4 members (excludes halogenated alkanes) is 3. The van der Waals surface area contributed by atoms with E-state index in [2.05, 4.69) is 6.92 Å². The molecule has 2 bridgehead atoms. The average Bonchev–Trinajstić information content (AvgIpc) is 3.03. The monoisotopic (exact) mass is 254 g/mol. The van der Waals surface area contributed by atoms with E-state index >= 15 is 0 Å². The molecule has 5 atom stereocenters. The molecule has 102 valence electrons. The van der Waals surface area contributed by atoms with Gasteiger partial charge in [-0.1, -0.05) is 26.2 Å². The second kappa shape index (κ2) is 5.17. The Hall–Kier alpha value is -0.610. The first-order valence-electron chi connectivity index (χ1n) is 7.29. The predicted molar refractivity (Wildman–Crippen MR) is 64.8 cm³/mol. The van der Waals surface area contributed by atoms with Crippen LogP contribution in [0.25, 0.3) is 0 Å². The Labute approximate surface area is 108 Å². The topological polar surface area (TPSA) is 44.8 Å². The molecule has 0 aliphatic carbocycles. The summed E-state index contributed by atoms with van der Waals surface area (Å²) in [6.07, 6.45) is 6.70. The van der Waals surface area contributed by atoms with Gasteiger partial charge >= 0.3 is 5.97 Å². The Kier molecular flexibility index (Phi) is 3.57. The molecule has 0 N–H and O–H groups in total. The lowest BCUT2D eigenvalue weighted by Crippen LogP contribution is -2.32. The molecule has 3 aliphatic rings. The van der Waals surface area contributed by atoms with Crippen LogP contribution >= 0.6 is 0 Å². The van der Waals surface area contributed by atoms with Crippen LogP contribution in [-0.2, 0) is 19.0 Å². The summed E-state index contributed by atoms with van der Waals surface area (Å²) in [6.45, 7) is 2.88. The molecule has 0 radical (unpaired) electrons. The van der Waals surface area contributed by atoms with E-state index in [1.165, 1.54) is 19.3 Å². The fourth-order valence-electron chi connectivity index (χ4n) is 3.51. The number of esters is 1. The molecular formula is C14H22O4. The zero-order chi connectivity index (χ0) is 12.5. The molecule has 3 aliphatic heterocycles. The van der Waals surface area contributed by atoms with Gasteiger partial charge in [-0.3, -0.25) is 4.79 Å². The number of rotatable bonds is 6. The van der Waals surface area contributed by atoms with Gasteiger partial charge in [0.1, 0.15) is 0 Å². The third kappa shape index (κ3) is 2.05. The average molecular weight is 254 g/mol. The minimum atomic E-state index is -0.348. The summed E-state index contributed by atoms with van der Waals surface area (Å²) < 4.78 is 16.9. The zero-order valence-electron chi connectivity index (χ0n) is 11.0. The summed E-state index contributed by atoms with van der Waals surface area (Å²) in [7, 11) is 0. The van der Waals surface area contributed by atoms with E-state index in [-0.39, 0.29) is 36.3 Å². The Balaban J connectivity index is 1.50. The first-order chi connectivity index (χ1) is 8.81. The van der Waals surface area contributed by atoms with Crippen molar-refractivity contribution in [2.24, 2.45) is 11.8 Å². The van der Waals surface area contributed by atoms with Gasteiger partial charge in [-0.05, 0) is 19.3 Å². The molecule has 0 spiro atoms. The molecule has 18 heavy (non-hydrogen) atoms. The van der Waals surface area contributed by atoms with Crippen molar-refractivity contribution in [3.05, 3.63) is 0 Å². The molecule has 4 nitrogen and oxygen atoms in total. The third-order valence-electron chi connectivity index (χ3n) is 4.43. The van der Waals surface area contributed by atoms with Crippen LogP contribution in [0.1, 0.15) is 45.4 Å². The number of cyclic esters (lactones) is 1. The molecule has 0 unspecified atom stereocenters. The highest BCUT2D eigenvalue weighted by molar-refractivity contribution is 5.76. The number of fused-ring (bicyclic) bond motifs is 5. The molecule has 0 aromatic rings. The number of hydrogen-bond acceptors (Lipinski definition) is 4. The van der Waals surface area contributed by atoms with E-state index in [9.17, 15) is 4.79 Å². The minimum absolute atomic E-state index is 0.0515. The summed E-state index contributed by atoms with van der Waals surface area (Å²) in [5, 5.41) is 0. The second-order valence-corrected chi connectivity index (χ2v) is 5.63. The number of hydrogen-bond donors (Lipinski definition) is 0. The third-order valence-corrected chi connectivity index (χ3v) is 4.43. The van der Waals surface area contributed by atoms with E-state index in [0.29, 0.717) is 6.61 Å². The van der Waals surface area contributed by atoms with E-state index in [0.717, 1.165) is 19.3 Å². The molecule has 3 heterocycles. The summed E-state index contributed by atoms with van der Waals surface area (Å²) in [5.41, 5.74) is 0. The number of carbonyl (C=O) groups excluding carboxylic acids is 1. The van der Waals surface area contributed by atoms with E-state index in [1.54, 1.807) is 0 Å². The first kappa shape index (κ1) is 12.4. The Morgan fingerprint density at radius 3 is 2.89 bits per heavy atom. The Morgan fingerprint density at radius 2 is 2.06 bits per heavy atom. The van der Waals surface area contributed by atoms with Gasteiger partial charge in [-0.25, -0.2) is 0 Å². The Morgan fingerprint density at radius 1 is 1.22 bits per heavy atom. The molecule has 4 heteroatoms. The van der Waals surface area contributed by atoms with Crippen LogP contribution in [0.2, 0.25) is 0 Å². The van der Waals surface area contributed by atoms with Crippen molar-refractivity contribution < 1.29 is 19.0 Å². The summed E-state index contributed by atoms with van der Waals surface area (Å²) in [5.74, 6) is -0.00225. The highest BCUT2D eigenvalue weighted by atomic mass is 16.7. The second-order valence-electron chi connectivity index (χ2n) is 5.63. The van der Waals surface area contributed by atoms with Crippen LogP contribution in [0.15, 0.2) is 0 Å². The summed E-state index contributed by atoms with van der Waals surface area (Å²) in [6, 6.07) is 0. The molecule has 0 amide bonds. The lowest BCUT2D eigenvalue weighted by molar-refractivity contribution is -0.174. The minimum Gasteiger partial charge on any atom is -0.435 e. The maximum Gasteiger partial charge on any atom is 0.314 e. The molecule has 3 saturated heterocycles. The zero-order valence-corrected chi connectivity index (χ0v) is 11.0. The maximum absolute atomic E-state index is 11.8. The summed E-state index contributed by atoms with van der Waals surface area (Å²) in [4.78, 5) is 11.8. The van der Waals surface area contributed by atoms with Crippen molar-refractivity contribution in [1.29, 1.82) is 0 Å². The van der Waals surface area contributed by atoms with Gasteiger partial charge in [-0.15, -0.1) is 0 Å². The molecule has 0 saturated carbocycles. The lowest BCUT2D eigenvalue weighted by Gasteiger charge is -2.22. The SMILES string of the molecule is CCCCCCO[C@@H]1OC(=O)[C@H]2[C@@H]1[C@@H]1CC[C@H]2O1. The number of ether oxygens (including phenoxy) is 3. The van der Waals surface area contributed by atoms with Crippen molar-refractivity contribution in [3.63, 3.8) is 0 Å². The van der Waals surface area contributed by atoms with Crippen LogP contribution in [0.4, 0.5) is 0 Å². The highest BCUT2D eigenvalue weighted by Gasteiger charge is 2.61. The maximum atomic E-state index is 11.8. The smallest absolute Gasteiger partial charge is 0.314 e. The fourth-order valence-corrected chi connectivity index (χ4v) is 3.51. The van der Waals surface area contributed by atoms with E-state index < -0.39 is 0 Å². The van der Waals surface area contributed by atoms with Crippen LogP contribution < -0.4 is 0 Å². The van der Waals surface area contributed by atoms with Crippen molar-refractivity contribution in [3.8, 4) is 0 Å². The molecule has 0 aromatic carbocycles. The summed E-state index contributed by atoms with van der Waals surface area (Å²) >= 11 is 0. The quantitative estimate of drug-likeness (QED) is 0.539. The van der Waals surface area contributed by atoms with E-state index in [1.807, 2.05) is 0 Å². The number of carbonyl (C=O) groups is 1. The van der Waals surface area contributed by atoms with Crippen molar-refractivity contribution in [2.75, 3.05) is 6.61 Å². The molecule has 3 rings (SSSR count). The van der Waals surface area contributed by atoms with Gasteiger partial charge in [0.05, 0.1) is 30.7 Å². The normalized spacial score (nSPS) is 41.2. The molecular weight excluding hydrogens is 232 g/mol. The van der Waals surface area contributed by atoms with Gasteiger partial charge in [0.15, 0.2) is 0 Å². The van der Waals surface area contributed by atoms with Crippen LogP contribution in [0, 0.1) is 11.8 Å². The van der Waals surface area contributed by atoms with Crippen LogP contribution in [-0.4, -0.2) is 31.1 Å². The van der Waals surface area contributed by atoms with Gasteiger partial charge in [0.2, 0.25) is 6.29 Å². The molecule has 3 fully saturated rings. The lowest BCUT2D eigenvalue weighted by atomic mass is 9.81. The van der Waals surface area contributed by atoms with Gasteiger partial charge in [0, 0.05) is 0 Å². The van der Waals surface area contributed by atoms with Crippen molar-refractivity contribution >= 4 is 5.97 Å². The standard InChI is InChI=1S/C14H22O4/c1-2-3-4-5-8-16-14-12-10-7-6-9(17-10)11(12)13(15)18-14/h9-12,14H,2-8H2,1H3/t9-,10+,11-,12+,14-/m1/s1. The largest absolute Gasteiger partial charge is 0.435 e. The van der Waals surface area contributed by atoms with E-state index in [4.69, 9.17) is 14.2 Å². The first-order valence-corrected chi connectivity index (χ1v) is 7.29. The van der Waals surface area contributed by atoms with Crippen LogP contribution in [0.5, 0.6) is 0 Å². The Bertz CT molecular complexity index is 317. The van der Waals surface area contributed by atoms with Crippen molar-refractivity contribution in [1.82, 2.24) is 0 Å². The fraction of sp³-hybridized carbons (Fsp3) is 0.929. The molecule has 0 aromatic heterocycles. The van der Waals surface area contributed by atoms with Gasteiger partial charge < -0.3 is 14.2 Å². The predicted octanol–water partition coefficient (Wildman–Crippen LogP) is 2.26. The van der Waals surface area contributed by atoms with Crippen molar-refractivity contribution in [2.45, 2.75) is 63.9 Å². The highest BCUT2D eigenvalue weighted by Crippen LogP contribution is 2.49. The van der Waals surface area contributed by atoms with Gasteiger partial charge in [0.25, 0.3) is 0 Å². The van der Waals surface area contributed by atoms with Crippen LogP contribution in [0.3, 0.4) is 0 Å².